The van der Waals surface area contributed by atoms with Gasteiger partial charge in [0.05, 0.1) is 4.90 Å². The van der Waals surface area contributed by atoms with Gasteiger partial charge in [0, 0.05) is 12.2 Å². The summed E-state index contributed by atoms with van der Waals surface area (Å²) in [7, 11) is -7.62. The summed E-state index contributed by atoms with van der Waals surface area (Å²) in [6.45, 7) is 1.86. The van der Waals surface area contributed by atoms with E-state index in [1.165, 1.54) is 24.3 Å². The van der Waals surface area contributed by atoms with Crippen LogP contribution in [-0.2, 0) is 24.8 Å². The molecule has 3 N–H and O–H groups in total. The zero-order valence-corrected chi connectivity index (χ0v) is 12.2. The van der Waals surface area contributed by atoms with Crippen molar-refractivity contribution < 1.29 is 26.7 Å². The highest BCUT2D eigenvalue weighted by atomic mass is 32.2. The Hall–Kier alpha value is -1.65. The number of carboxylic acids is 1. The minimum Gasteiger partial charge on any atom is -0.480 e. The minimum absolute atomic E-state index is 0.0134. The maximum Gasteiger partial charge on any atom is 0.320 e. The number of hydrogen-bond acceptors (Lipinski definition) is 5. The van der Waals surface area contributed by atoms with Crippen LogP contribution in [0.1, 0.15) is 6.92 Å². The Morgan fingerprint density at radius 2 is 1.70 bits per heavy atom. The van der Waals surface area contributed by atoms with E-state index in [9.17, 15) is 21.6 Å². The molecule has 0 heterocycles. The summed E-state index contributed by atoms with van der Waals surface area (Å²) < 4.78 is 50.4. The molecule has 112 valence electrons. The van der Waals surface area contributed by atoms with E-state index < -0.39 is 31.8 Å². The van der Waals surface area contributed by atoms with Gasteiger partial charge in [-0.25, -0.2) is 21.6 Å². The normalized spacial score (nSPS) is 12.1. The van der Waals surface area contributed by atoms with E-state index in [0.29, 0.717) is 0 Å². The molecule has 1 aromatic rings. The molecule has 0 aliphatic carbocycles. The van der Waals surface area contributed by atoms with Crippen LogP contribution in [-0.4, -0.2) is 40.2 Å². The van der Waals surface area contributed by atoms with E-state index >= 15 is 0 Å². The van der Waals surface area contributed by atoms with Crippen molar-refractivity contribution in [1.82, 2.24) is 4.72 Å². The lowest BCUT2D eigenvalue weighted by atomic mass is 10.3. The predicted octanol–water partition coefficient (Wildman–Crippen LogP) is -0.189. The first-order chi connectivity index (χ1) is 9.16. The summed E-state index contributed by atoms with van der Waals surface area (Å²) in [6.07, 6.45) is 0. The van der Waals surface area contributed by atoms with Gasteiger partial charge in [-0.15, -0.1) is 0 Å². The van der Waals surface area contributed by atoms with Crippen molar-refractivity contribution in [1.29, 1.82) is 0 Å². The molecule has 0 saturated heterocycles. The van der Waals surface area contributed by atoms with E-state index in [1.807, 2.05) is 4.72 Å². The van der Waals surface area contributed by atoms with Crippen LogP contribution in [0.4, 0.5) is 5.69 Å². The maximum absolute atomic E-state index is 11.6. The molecule has 0 radical (unpaired) electrons. The van der Waals surface area contributed by atoms with Gasteiger partial charge < -0.3 is 5.11 Å². The Kier molecular flexibility index (Phi) is 5.09. The molecule has 0 amide bonds. The highest BCUT2D eigenvalue weighted by molar-refractivity contribution is 7.93. The number of nitrogens with one attached hydrogen (secondary N) is 2. The molecule has 0 aromatic heterocycles. The van der Waals surface area contributed by atoms with E-state index in [1.54, 1.807) is 6.92 Å². The van der Waals surface area contributed by atoms with Crippen molar-refractivity contribution in [2.75, 3.05) is 17.0 Å². The Morgan fingerprint density at radius 1 is 1.15 bits per heavy atom. The van der Waals surface area contributed by atoms with Crippen molar-refractivity contribution >= 4 is 31.7 Å². The van der Waals surface area contributed by atoms with Crippen molar-refractivity contribution in [2.45, 2.75) is 11.8 Å². The maximum atomic E-state index is 11.6. The predicted molar refractivity (Wildman–Crippen MR) is 72.3 cm³/mol. The Bertz CT molecular complexity index is 679. The van der Waals surface area contributed by atoms with Crippen LogP contribution in [0.15, 0.2) is 29.2 Å². The van der Waals surface area contributed by atoms with Gasteiger partial charge in [0.15, 0.2) is 5.75 Å². The van der Waals surface area contributed by atoms with Crippen LogP contribution in [0.2, 0.25) is 0 Å². The molecule has 1 rings (SSSR count). The zero-order valence-electron chi connectivity index (χ0n) is 10.5. The van der Waals surface area contributed by atoms with E-state index in [2.05, 4.69) is 4.72 Å². The molecule has 0 unspecified atom stereocenters. The molecule has 0 aliphatic heterocycles. The summed E-state index contributed by atoms with van der Waals surface area (Å²) in [4.78, 5) is 10.3. The smallest absolute Gasteiger partial charge is 0.320 e. The second-order valence-electron chi connectivity index (χ2n) is 3.78. The van der Waals surface area contributed by atoms with Crippen molar-refractivity contribution in [3.63, 3.8) is 0 Å². The Balaban J connectivity index is 2.91. The number of hydrogen-bond donors (Lipinski definition) is 3. The highest BCUT2D eigenvalue weighted by Gasteiger charge is 2.16. The third-order valence-electron chi connectivity index (χ3n) is 2.09. The third kappa shape index (κ3) is 4.79. The third-order valence-corrected chi connectivity index (χ3v) is 4.82. The van der Waals surface area contributed by atoms with Crippen LogP contribution in [0.5, 0.6) is 0 Å². The molecule has 0 spiro atoms. The molecular formula is C10H14N2O6S2. The van der Waals surface area contributed by atoms with Crippen molar-refractivity contribution in [3.05, 3.63) is 24.3 Å². The number of aliphatic carboxylic acids is 1. The lowest BCUT2D eigenvalue weighted by Crippen LogP contribution is -2.23. The fraction of sp³-hybridized carbons (Fsp3) is 0.300. The lowest BCUT2D eigenvalue weighted by molar-refractivity contribution is -0.134. The summed E-state index contributed by atoms with van der Waals surface area (Å²) in [5, 5.41) is 8.43. The van der Waals surface area contributed by atoms with Crippen LogP contribution >= 0.6 is 0 Å². The molecule has 0 saturated carbocycles. The van der Waals surface area contributed by atoms with Crippen LogP contribution in [0.3, 0.4) is 0 Å². The second kappa shape index (κ2) is 6.20. The molecule has 0 atom stereocenters. The van der Waals surface area contributed by atoms with Crippen LogP contribution < -0.4 is 9.44 Å². The number of anilines is 1. The quantitative estimate of drug-likeness (QED) is 0.638. The molecule has 0 bridgehead atoms. The molecule has 1 aromatic carbocycles. The SMILES string of the molecule is CCNS(=O)(=O)c1ccc(NS(=O)(=O)CC(=O)O)cc1. The first-order valence-electron chi connectivity index (χ1n) is 5.48. The largest absolute Gasteiger partial charge is 0.480 e. The Morgan fingerprint density at radius 3 is 2.15 bits per heavy atom. The van der Waals surface area contributed by atoms with Crippen molar-refractivity contribution in [3.8, 4) is 0 Å². The highest BCUT2D eigenvalue weighted by Crippen LogP contribution is 2.15. The molecule has 0 fully saturated rings. The monoisotopic (exact) mass is 322 g/mol. The Labute approximate surface area is 116 Å². The summed E-state index contributed by atoms with van der Waals surface area (Å²) >= 11 is 0. The fourth-order valence-electron chi connectivity index (χ4n) is 1.35. The number of sulfonamides is 2. The fourth-order valence-corrected chi connectivity index (χ4v) is 3.29. The molecule has 10 heteroatoms. The number of carboxylic acid groups (broad SMARTS) is 1. The molecule has 8 nitrogen and oxygen atoms in total. The van der Waals surface area contributed by atoms with Gasteiger partial charge in [0.2, 0.25) is 20.0 Å². The first-order valence-corrected chi connectivity index (χ1v) is 8.62. The van der Waals surface area contributed by atoms with E-state index in [0.717, 1.165) is 0 Å². The second-order valence-corrected chi connectivity index (χ2v) is 7.27. The lowest BCUT2D eigenvalue weighted by Gasteiger charge is -2.08. The number of benzene rings is 1. The average Bonchev–Trinajstić information content (AvgIpc) is 2.26. The summed E-state index contributed by atoms with van der Waals surface area (Å²) in [5.41, 5.74) is 0.0849. The number of rotatable bonds is 7. The van der Waals surface area contributed by atoms with Gasteiger partial charge in [0.1, 0.15) is 0 Å². The summed E-state index contributed by atoms with van der Waals surface area (Å²) in [6, 6.07) is 4.92. The topological polar surface area (TPSA) is 130 Å². The van der Waals surface area contributed by atoms with Gasteiger partial charge in [-0.1, -0.05) is 6.92 Å². The van der Waals surface area contributed by atoms with Crippen molar-refractivity contribution in [2.24, 2.45) is 0 Å². The first kappa shape index (κ1) is 16.4. The van der Waals surface area contributed by atoms with Gasteiger partial charge in [-0.2, -0.15) is 0 Å². The standard InChI is InChI=1S/C10H14N2O6S2/c1-2-11-20(17,18)9-5-3-8(4-6-9)12-19(15,16)7-10(13)14/h3-6,11-12H,2,7H2,1H3,(H,13,14). The van der Waals surface area contributed by atoms with Gasteiger partial charge in [0.25, 0.3) is 0 Å². The van der Waals surface area contributed by atoms with Crippen LogP contribution in [0, 0.1) is 0 Å². The van der Waals surface area contributed by atoms with Gasteiger partial charge in [-0.05, 0) is 24.3 Å². The van der Waals surface area contributed by atoms with Crippen LogP contribution in [0.25, 0.3) is 0 Å². The van der Waals surface area contributed by atoms with E-state index in [-0.39, 0.29) is 17.1 Å². The minimum atomic E-state index is -4.01. The zero-order chi connectivity index (χ0) is 15.4. The van der Waals surface area contributed by atoms with E-state index in [4.69, 9.17) is 5.11 Å². The molecule has 0 aliphatic rings. The van der Waals surface area contributed by atoms with Gasteiger partial charge >= 0.3 is 5.97 Å². The molecule has 20 heavy (non-hydrogen) atoms. The number of carbonyl (C=O) groups is 1. The summed E-state index contributed by atoms with van der Waals surface area (Å²) in [5.74, 6) is -2.55. The molecular weight excluding hydrogens is 308 g/mol. The average molecular weight is 322 g/mol. The van der Waals surface area contributed by atoms with Gasteiger partial charge in [-0.3, -0.25) is 9.52 Å².